The van der Waals surface area contributed by atoms with E-state index in [-0.39, 0.29) is 12.1 Å². The fraction of sp³-hybridized carbons (Fsp3) is 0.179. The predicted octanol–water partition coefficient (Wildman–Crippen LogP) is 4.18. The summed E-state index contributed by atoms with van der Waals surface area (Å²) in [4.78, 5) is 38.4. The second kappa shape index (κ2) is 13.5. The molecule has 7 nitrogen and oxygen atoms in total. The third-order valence-electron chi connectivity index (χ3n) is 5.08. The topological polar surface area (TPSA) is 84.9 Å². The SMILES string of the molecule is COC(=O)/C(=C\CCOCc1ccccc1)CN(NC(=O)c1ccccc1)C(=O)c1ccccc1. The smallest absolute Gasteiger partial charge is 0.335 e. The van der Waals surface area contributed by atoms with Crippen molar-refractivity contribution in [1.82, 2.24) is 10.4 Å². The molecule has 0 aliphatic heterocycles. The molecule has 0 aliphatic carbocycles. The summed E-state index contributed by atoms with van der Waals surface area (Å²) in [6.45, 7) is 0.657. The molecule has 3 aromatic carbocycles. The average Bonchev–Trinajstić information content (AvgIpc) is 2.92. The van der Waals surface area contributed by atoms with Gasteiger partial charge in [0.1, 0.15) is 0 Å². The van der Waals surface area contributed by atoms with Crippen molar-refractivity contribution in [1.29, 1.82) is 0 Å². The van der Waals surface area contributed by atoms with Crippen LogP contribution in [0, 0.1) is 0 Å². The van der Waals surface area contributed by atoms with Crippen LogP contribution >= 0.6 is 0 Å². The zero-order valence-electron chi connectivity index (χ0n) is 19.6. The number of methoxy groups -OCH3 is 1. The first-order chi connectivity index (χ1) is 17.1. The lowest BCUT2D eigenvalue weighted by Crippen LogP contribution is -2.47. The third-order valence-corrected chi connectivity index (χ3v) is 5.08. The molecule has 0 aliphatic rings. The van der Waals surface area contributed by atoms with Gasteiger partial charge in [-0.25, -0.2) is 9.80 Å². The minimum absolute atomic E-state index is 0.169. The van der Waals surface area contributed by atoms with Gasteiger partial charge in [-0.15, -0.1) is 0 Å². The predicted molar refractivity (Wildman–Crippen MR) is 132 cm³/mol. The molecule has 1 N–H and O–H groups in total. The highest BCUT2D eigenvalue weighted by Gasteiger charge is 2.23. The Balaban J connectivity index is 1.72. The van der Waals surface area contributed by atoms with Gasteiger partial charge in [-0.05, 0) is 36.2 Å². The van der Waals surface area contributed by atoms with Gasteiger partial charge < -0.3 is 9.47 Å². The summed E-state index contributed by atoms with van der Waals surface area (Å²) in [7, 11) is 1.27. The van der Waals surface area contributed by atoms with Crippen LogP contribution in [0.15, 0.2) is 103 Å². The van der Waals surface area contributed by atoms with E-state index in [4.69, 9.17) is 9.47 Å². The van der Waals surface area contributed by atoms with E-state index in [1.54, 1.807) is 66.7 Å². The largest absolute Gasteiger partial charge is 0.466 e. The summed E-state index contributed by atoms with van der Waals surface area (Å²) in [6.07, 6.45) is 2.09. The Kier molecular flexibility index (Phi) is 9.77. The number of carbonyl (C=O) groups excluding carboxylic acids is 3. The summed E-state index contributed by atoms with van der Waals surface area (Å²) < 4.78 is 10.6. The lowest BCUT2D eigenvalue weighted by atomic mass is 10.1. The molecule has 0 spiro atoms. The maximum Gasteiger partial charge on any atom is 0.335 e. The highest BCUT2D eigenvalue weighted by atomic mass is 16.5. The first kappa shape index (κ1) is 25.4. The van der Waals surface area contributed by atoms with Crippen LogP contribution < -0.4 is 5.43 Å². The van der Waals surface area contributed by atoms with Crippen LogP contribution in [0.5, 0.6) is 0 Å². The zero-order valence-corrected chi connectivity index (χ0v) is 19.6. The third kappa shape index (κ3) is 7.94. The van der Waals surface area contributed by atoms with Crippen LogP contribution in [-0.4, -0.2) is 43.1 Å². The highest BCUT2D eigenvalue weighted by molar-refractivity contribution is 6.00. The maximum absolute atomic E-state index is 13.2. The van der Waals surface area contributed by atoms with Crippen molar-refractivity contribution in [2.45, 2.75) is 13.0 Å². The Morgan fingerprint density at radius 2 is 1.40 bits per heavy atom. The molecule has 3 rings (SSSR count). The monoisotopic (exact) mass is 472 g/mol. The summed E-state index contributed by atoms with van der Waals surface area (Å²) >= 11 is 0. The van der Waals surface area contributed by atoms with Crippen LogP contribution in [0.1, 0.15) is 32.7 Å². The van der Waals surface area contributed by atoms with E-state index in [1.807, 2.05) is 30.3 Å². The Morgan fingerprint density at radius 1 is 0.829 bits per heavy atom. The van der Waals surface area contributed by atoms with E-state index in [1.165, 1.54) is 7.11 Å². The number of amides is 2. The Bertz CT molecular complexity index is 1130. The quantitative estimate of drug-likeness (QED) is 0.207. The number of hydrazine groups is 1. The molecule has 0 bridgehead atoms. The summed E-state index contributed by atoms with van der Waals surface area (Å²) in [5.74, 6) is -1.51. The first-order valence-electron chi connectivity index (χ1n) is 11.2. The molecule has 0 aromatic heterocycles. The van der Waals surface area contributed by atoms with Gasteiger partial charge in [0.15, 0.2) is 0 Å². The summed E-state index contributed by atoms with van der Waals surface area (Å²) in [5.41, 5.74) is 4.67. The van der Waals surface area contributed by atoms with Gasteiger partial charge in [-0.2, -0.15) is 0 Å². The molecular formula is C28H28N2O5. The number of ether oxygens (including phenoxy) is 2. The molecule has 3 aromatic rings. The number of hydrogen-bond donors (Lipinski definition) is 1. The van der Waals surface area contributed by atoms with Gasteiger partial charge in [0.2, 0.25) is 0 Å². The van der Waals surface area contributed by atoms with Crippen LogP contribution in [-0.2, 0) is 20.9 Å². The van der Waals surface area contributed by atoms with Gasteiger partial charge in [-0.1, -0.05) is 72.8 Å². The van der Waals surface area contributed by atoms with Crippen molar-refractivity contribution >= 4 is 17.8 Å². The lowest BCUT2D eigenvalue weighted by Gasteiger charge is -2.24. The van der Waals surface area contributed by atoms with Crippen LogP contribution in [0.25, 0.3) is 0 Å². The average molecular weight is 473 g/mol. The molecule has 0 radical (unpaired) electrons. The molecule has 2 amide bonds. The zero-order chi connectivity index (χ0) is 24.9. The Morgan fingerprint density at radius 3 is 2.00 bits per heavy atom. The van der Waals surface area contributed by atoms with Crippen molar-refractivity contribution < 1.29 is 23.9 Å². The summed E-state index contributed by atoms with van der Waals surface area (Å²) in [6, 6.07) is 26.8. The van der Waals surface area contributed by atoms with Gasteiger partial charge >= 0.3 is 5.97 Å². The van der Waals surface area contributed by atoms with E-state index in [0.717, 1.165) is 10.6 Å². The molecule has 180 valence electrons. The van der Waals surface area contributed by atoms with E-state index < -0.39 is 17.8 Å². The number of hydrogen-bond acceptors (Lipinski definition) is 5. The fourth-order valence-corrected chi connectivity index (χ4v) is 3.27. The molecule has 0 saturated carbocycles. The molecule has 0 saturated heterocycles. The van der Waals surface area contributed by atoms with E-state index in [0.29, 0.717) is 30.8 Å². The molecule has 7 heteroatoms. The highest BCUT2D eigenvalue weighted by Crippen LogP contribution is 2.10. The number of nitrogens with zero attached hydrogens (tertiary/aromatic N) is 1. The number of nitrogens with one attached hydrogen (secondary N) is 1. The van der Waals surface area contributed by atoms with Crippen molar-refractivity contribution in [3.63, 3.8) is 0 Å². The Hall–Kier alpha value is -4.23. The maximum atomic E-state index is 13.2. The van der Waals surface area contributed by atoms with Gasteiger partial charge in [-0.3, -0.25) is 15.0 Å². The van der Waals surface area contributed by atoms with Gasteiger partial charge in [0.05, 0.1) is 32.4 Å². The van der Waals surface area contributed by atoms with Gasteiger partial charge in [0, 0.05) is 11.1 Å². The van der Waals surface area contributed by atoms with E-state index >= 15 is 0 Å². The second-order valence-corrected chi connectivity index (χ2v) is 7.61. The minimum Gasteiger partial charge on any atom is -0.466 e. The Labute approximate surface area is 204 Å². The molecule has 0 heterocycles. The number of benzene rings is 3. The molecule has 0 unspecified atom stereocenters. The van der Waals surface area contributed by atoms with E-state index in [9.17, 15) is 14.4 Å². The van der Waals surface area contributed by atoms with Gasteiger partial charge in [0.25, 0.3) is 11.8 Å². The van der Waals surface area contributed by atoms with E-state index in [2.05, 4.69) is 5.43 Å². The van der Waals surface area contributed by atoms with Crippen LogP contribution in [0.4, 0.5) is 0 Å². The second-order valence-electron chi connectivity index (χ2n) is 7.61. The molecular weight excluding hydrogens is 444 g/mol. The summed E-state index contributed by atoms with van der Waals surface area (Å²) in [5, 5.41) is 1.12. The van der Waals surface area contributed by atoms with Crippen LogP contribution in [0.2, 0.25) is 0 Å². The van der Waals surface area contributed by atoms with Crippen molar-refractivity contribution in [3.8, 4) is 0 Å². The van der Waals surface area contributed by atoms with Crippen molar-refractivity contribution in [2.75, 3.05) is 20.3 Å². The molecule has 0 atom stereocenters. The number of esters is 1. The van der Waals surface area contributed by atoms with Crippen LogP contribution in [0.3, 0.4) is 0 Å². The number of rotatable bonds is 10. The molecule has 0 fully saturated rings. The molecule has 35 heavy (non-hydrogen) atoms. The van der Waals surface area contributed by atoms with Crippen molar-refractivity contribution in [2.24, 2.45) is 0 Å². The minimum atomic E-state index is -0.590. The fourth-order valence-electron chi connectivity index (χ4n) is 3.27. The standard InChI is InChI=1S/C28H28N2O5/c1-34-28(33)25(18-11-19-35-21-22-12-5-2-6-13-22)20-30(27(32)24-16-9-4-10-17-24)29-26(31)23-14-7-3-8-15-23/h2-10,12-18H,11,19-21H2,1H3,(H,29,31)/b25-18-. The number of carbonyl (C=O) groups is 3. The normalized spacial score (nSPS) is 10.9. The first-order valence-corrected chi connectivity index (χ1v) is 11.2. The van der Waals surface area contributed by atoms with Crippen molar-refractivity contribution in [3.05, 3.63) is 119 Å². The lowest BCUT2D eigenvalue weighted by molar-refractivity contribution is -0.136.